The number of anilines is 1. The Balaban J connectivity index is 1.45. The van der Waals surface area contributed by atoms with Gasteiger partial charge in [0.25, 0.3) is 11.1 Å². The molecule has 8 heteroatoms. The smallest absolute Gasteiger partial charge is 0.316 e. The molecule has 0 bridgehead atoms. The number of amides is 1. The van der Waals surface area contributed by atoms with Crippen molar-refractivity contribution in [2.24, 2.45) is 0 Å². The van der Waals surface area contributed by atoms with E-state index < -0.39 is 11.9 Å². The standard InChI is InChI=1S/C18H15ClN2O4S/c1-11-8-12(19)6-7-13(11)20-16(22)9-24-17(23)10-26-18-21-14-4-2-3-5-15(14)25-18/h2-8H,9-10H2,1H3,(H,20,22). The van der Waals surface area contributed by atoms with Crippen molar-refractivity contribution in [1.29, 1.82) is 0 Å². The number of rotatable bonds is 6. The van der Waals surface area contributed by atoms with Crippen LogP contribution in [0.15, 0.2) is 52.1 Å². The predicted octanol–water partition coefficient (Wildman–Crippen LogP) is 4.06. The number of hydrogen-bond acceptors (Lipinski definition) is 6. The highest BCUT2D eigenvalue weighted by molar-refractivity contribution is 7.99. The first-order chi connectivity index (χ1) is 12.5. The summed E-state index contributed by atoms with van der Waals surface area (Å²) in [7, 11) is 0. The number of para-hydroxylation sites is 2. The quantitative estimate of drug-likeness (QED) is 0.505. The third kappa shape index (κ3) is 4.77. The first-order valence-corrected chi connectivity index (χ1v) is 9.07. The number of halogens is 1. The molecule has 1 N–H and O–H groups in total. The van der Waals surface area contributed by atoms with Crippen molar-refractivity contribution in [1.82, 2.24) is 4.98 Å². The average molecular weight is 391 g/mol. The summed E-state index contributed by atoms with van der Waals surface area (Å²) < 4.78 is 10.5. The van der Waals surface area contributed by atoms with E-state index in [0.717, 1.165) is 22.8 Å². The van der Waals surface area contributed by atoms with E-state index in [4.69, 9.17) is 20.8 Å². The molecule has 1 heterocycles. The summed E-state index contributed by atoms with van der Waals surface area (Å²) in [6.45, 7) is 1.46. The molecular formula is C18H15ClN2O4S. The Morgan fingerprint density at radius 3 is 2.85 bits per heavy atom. The van der Waals surface area contributed by atoms with Crippen LogP contribution >= 0.6 is 23.4 Å². The van der Waals surface area contributed by atoms with Gasteiger partial charge in [0.15, 0.2) is 12.2 Å². The topological polar surface area (TPSA) is 81.4 Å². The molecular weight excluding hydrogens is 376 g/mol. The molecule has 0 spiro atoms. The molecule has 0 radical (unpaired) electrons. The normalized spacial score (nSPS) is 10.7. The number of thioether (sulfide) groups is 1. The maximum Gasteiger partial charge on any atom is 0.316 e. The van der Waals surface area contributed by atoms with Gasteiger partial charge in [0.1, 0.15) is 11.3 Å². The van der Waals surface area contributed by atoms with E-state index in [0.29, 0.717) is 21.5 Å². The lowest BCUT2D eigenvalue weighted by molar-refractivity contribution is -0.144. The number of benzene rings is 2. The minimum atomic E-state index is -0.528. The lowest BCUT2D eigenvalue weighted by Crippen LogP contribution is -2.22. The van der Waals surface area contributed by atoms with Gasteiger partial charge in [-0.25, -0.2) is 4.98 Å². The Bertz CT molecular complexity index is 924. The number of nitrogens with one attached hydrogen (secondary N) is 1. The summed E-state index contributed by atoms with van der Waals surface area (Å²) in [6.07, 6.45) is 0. The minimum Gasteiger partial charge on any atom is -0.455 e. The van der Waals surface area contributed by atoms with Crippen LogP contribution in [0.1, 0.15) is 5.56 Å². The molecule has 0 aliphatic rings. The molecule has 1 amide bonds. The molecule has 134 valence electrons. The van der Waals surface area contributed by atoms with Crippen LogP contribution in [0.3, 0.4) is 0 Å². The van der Waals surface area contributed by atoms with Gasteiger partial charge < -0.3 is 14.5 Å². The highest BCUT2D eigenvalue weighted by Crippen LogP contribution is 2.23. The van der Waals surface area contributed by atoms with Crippen LogP contribution in [-0.4, -0.2) is 29.2 Å². The average Bonchev–Trinajstić information content (AvgIpc) is 3.03. The van der Waals surface area contributed by atoms with E-state index in [1.165, 1.54) is 0 Å². The maximum absolute atomic E-state index is 11.9. The summed E-state index contributed by atoms with van der Waals surface area (Å²) in [5, 5.41) is 3.64. The molecule has 0 unspecified atom stereocenters. The summed E-state index contributed by atoms with van der Waals surface area (Å²) in [5.74, 6) is -0.948. The van der Waals surface area contributed by atoms with Crippen molar-refractivity contribution in [3.8, 4) is 0 Å². The van der Waals surface area contributed by atoms with Crippen LogP contribution in [0.2, 0.25) is 5.02 Å². The number of aromatic nitrogens is 1. The van der Waals surface area contributed by atoms with Crippen molar-refractivity contribution in [3.63, 3.8) is 0 Å². The monoisotopic (exact) mass is 390 g/mol. The Hall–Kier alpha value is -2.51. The number of ether oxygens (including phenoxy) is 1. The zero-order chi connectivity index (χ0) is 18.5. The highest BCUT2D eigenvalue weighted by Gasteiger charge is 2.12. The van der Waals surface area contributed by atoms with E-state index in [-0.39, 0.29) is 12.4 Å². The first kappa shape index (κ1) is 18.3. The third-order valence-electron chi connectivity index (χ3n) is 3.41. The van der Waals surface area contributed by atoms with Crippen molar-refractivity contribution >= 4 is 52.0 Å². The van der Waals surface area contributed by atoms with E-state index in [9.17, 15) is 9.59 Å². The van der Waals surface area contributed by atoms with Crippen molar-refractivity contribution in [2.45, 2.75) is 12.1 Å². The number of oxazole rings is 1. The fourth-order valence-corrected chi connectivity index (χ4v) is 3.04. The minimum absolute atomic E-state index is 0.0000740. The summed E-state index contributed by atoms with van der Waals surface area (Å²) in [6, 6.07) is 12.4. The number of carbonyl (C=O) groups is 2. The predicted molar refractivity (Wildman–Crippen MR) is 101 cm³/mol. The first-order valence-electron chi connectivity index (χ1n) is 7.71. The number of fused-ring (bicyclic) bond motifs is 1. The largest absolute Gasteiger partial charge is 0.455 e. The molecule has 1 aromatic heterocycles. The SMILES string of the molecule is Cc1cc(Cl)ccc1NC(=O)COC(=O)CSc1nc2ccccc2o1. The number of aryl methyl sites for hydroxylation is 1. The van der Waals surface area contributed by atoms with E-state index >= 15 is 0 Å². The molecule has 0 atom stereocenters. The van der Waals surface area contributed by atoms with Gasteiger partial charge in [-0.1, -0.05) is 35.5 Å². The van der Waals surface area contributed by atoms with Gasteiger partial charge in [-0.3, -0.25) is 9.59 Å². The molecule has 0 aliphatic carbocycles. The Morgan fingerprint density at radius 2 is 2.08 bits per heavy atom. The molecule has 26 heavy (non-hydrogen) atoms. The molecule has 0 aliphatic heterocycles. The number of carbonyl (C=O) groups excluding carboxylic acids is 2. The van der Waals surface area contributed by atoms with Gasteiger partial charge in [0.2, 0.25) is 0 Å². The second kappa shape index (κ2) is 8.25. The summed E-state index contributed by atoms with van der Waals surface area (Å²) in [4.78, 5) is 27.9. The lowest BCUT2D eigenvalue weighted by atomic mass is 10.2. The Morgan fingerprint density at radius 1 is 1.27 bits per heavy atom. The van der Waals surface area contributed by atoms with Crippen LogP contribution in [0.4, 0.5) is 5.69 Å². The van der Waals surface area contributed by atoms with E-state index in [1.54, 1.807) is 24.3 Å². The van der Waals surface area contributed by atoms with E-state index in [2.05, 4.69) is 10.3 Å². The van der Waals surface area contributed by atoms with Crippen molar-refractivity contribution < 1.29 is 18.7 Å². The molecule has 0 saturated carbocycles. The molecule has 3 rings (SSSR count). The van der Waals surface area contributed by atoms with Crippen LogP contribution in [0, 0.1) is 6.92 Å². The maximum atomic E-state index is 11.9. The zero-order valence-corrected chi connectivity index (χ0v) is 15.4. The summed E-state index contributed by atoms with van der Waals surface area (Å²) >= 11 is 6.99. The van der Waals surface area contributed by atoms with Crippen LogP contribution in [-0.2, 0) is 14.3 Å². The van der Waals surface area contributed by atoms with Crippen LogP contribution in [0.5, 0.6) is 0 Å². The Labute approximate surface area is 158 Å². The molecule has 3 aromatic rings. The van der Waals surface area contributed by atoms with Gasteiger partial charge in [-0.05, 0) is 42.8 Å². The van der Waals surface area contributed by atoms with Gasteiger partial charge in [0, 0.05) is 10.7 Å². The van der Waals surface area contributed by atoms with Crippen LogP contribution < -0.4 is 5.32 Å². The number of nitrogens with zero attached hydrogens (tertiary/aromatic N) is 1. The van der Waals surface area contributed by atoms with Crippen molar-refractivity contribution in [3.05, 3.63) is 53.1 Å². The number of hydrogen-bond donors (Lipinski definition) is 1. The zero-order valence-electron chi connectivity index (χ0n) is 13.8. The second-order valence-corrected chi connectivity index (χ2v) is 6.77. The fourth-order valence-electron chi connectivity index (χ4n) is 2.17. The molecule has 6 nitrogen and oxygen atoms in total. The van der Waals surface area contributed by atoms with Gasteiger partial charge >= 0.3 is 5.97 Å². The Kier molecular flexibility index (Phi) is 5.80. The highest BCUT2D eigenvalue weighted by atomic mass is 35.5. The second-order valence-electron chi connectivity index (χ2n) is 5.40. The van der Waals surface area contributed by atoms with Crippen LogP contribution in [0.25, 0.3) is 11.1 Å². The third-order valence-corrected chi connectivity index (χ3v) is 4.45. The van der Waals surface area contributed by atoms with Crippen molar-refractivity contribution in [2.75, 3.05) is 17.7 Å². The fraction of sp³-hybridized carbons (Fsp3) is 0.167. The lowest BCUT2D eigenvalue weighted by Gasteiger charge is -2.09. The van der Waals surface area contributed by atoms with Gasteiger partial charge in [-0.15, -0.1) is 0 Å². The van der Waals surface area contributed by atoms with Gasteiger partial charge in [0.05, 0.1) is 0 Å². The molecule has 0 fully saturated rings. The number of esters is 1. The van der Waals surface area contributed by atoms with Gasteiger partial charge in [-0.2, -0.15) is 0 Å². The van der Waals surface area contributed by atoms with E-state index in [1.807, 2.05) is 25.1 Å². The molecule has 0 saturated heterocycles. The summed E-state index contributed by atoms with van der Waals surface area (Å²) in [5.41, 5.74) is 2.82. The molecule has 2 aromatic carbocycles.